The van der Waals surface area contributed by atoms with Crippen molar-refractivity contribution in [2.75, 3.05) is 18.4 Å². The summed E-state index contributed by atoms with van der Waals surface area (Å²) in [5.41, 5.74) is 3.20. The molecular weight excluding hydrogens is 279 g/mol. The second kappa shape index (κ2) is 6.71. The number of hydrogen-bond acceptors (Lipinski definition) is 2. The Balaban J connectivity index is 1.48. The molecule has 0 aromatic heterocycles. The van der Waals surface area contributed by atoms with Crippen molar-refractivity contribution in [2.24, 2.45) is 5.92 Å². The number of hydrogen-bond donors (Lipinski definition) is 2. The number of carbonyl (C=O) groups excluding carboxylic acids is 1. The van der Waals surface area contributed by atoms with Gasteiger partial charge >= 0.3 is 0 Å². The van der Waals surface area contributed by atoms with E-state index in [4.69, 9.17) is 0 Å². The standard InChI is InChI=1S/C18H19FN2O/c19-16-7-5-13(6-8-16)9-10-20-12-15-11-14-3-1-2-4-17(14)21-18(15)22/h1-8,15,20H,9-12H2,(H,21,22). The fraction of sp³-hybridized carbons (Fsp3) is 0.278. The lowest BCUT2D eigenvalue weighted by molar-refractivity contribution is -0.120. The monoisotopic (exact) mass is 298 g/mol. The molecule has 3 nitrogen and oxygen atoms in total. The Kier molecular flexibility index (Phi) is 4.49. The van der Waals surface area contributed by atoms with Gasteiger partial charge in [0.05, 0.1) is 5.92 Å². The molecule has 1 aliphatic heterocycles. The summed E-state index contributed by atoms with van der Waals surface area (Å²) in [7, 11) is 0. The van der Waals surface area contributed by atoms with Crippen molar-refractivity contribution in [3.8, 4) is 0 Å². The first-order valence-electron chi connectivity index (χ1n) is 7.56. The van der Waals surface area contributed by atoms with Crippen LogP contribution in [0.5, 0.6) is 0 Å². The number of halogens is 1. The van der Waals surface area contributed by atoms with Gasteiger partial charge in [0.2, 0.25) is 5.91 Å². The minimum absolute atomic E-state index is 0.0388. The van der Waals surface area contributed by atoms with Crippen molar-refractivity contribution in [2.45, 2.75) is 12.8 Å². The summed E-state index contributed by atoms with van der Waals surface area (Å²) in [5, 5.41) is 6.28. The van der Waals surface area contributed by atoms with Crippen LogP contribution in [0.2, 0.25) is 0 Å². The van der Waals surface area contributed by atoms with Gasteiger partial charge in [-0.1, -0.05) is 30.3 Å². The Bertz CT molecular complexity index is 654. The number of fused-ring (bicyclic) bond motifs is 1. The quantitative estimate of drug-likeness (QED) is 0.833. The number of rotatable bonds is 5. The second-order valence-electron chi connectivity index (χ2n) is 5.63. The number of amides is 1. The highest BCUT2D eigenvalue weighted by Crippen LogP contribution is 2.24. The molecule has 114 valence electrons. The van der Waals surface area contributed by atoms with E-state index >= 15 is 0 Å². The van der Waals surface area contributed by atoms with Crippen LogP contribution in [-0.4, -0.2) is 19.0 Å². The first-order valence-corrected chi connectivity index (χ1v) is 7.56. The molecule has 0 spiro atoms. The van der Waals surface area contributed by atoms with Crippen LogP contribution in [0.4, 0.5) is 10.1 Å². The SMILES string of the molecule is O=C1Nc2ccccc2CC1CNCCc1ccc(F)cc1. The van der Waals surface area contributed by atoms with Crippen LogP contribution >= 0.6 is 0 Å². The van der Waals surface area contributed by atoms with Gasteiger partial charge in [0.15, 0.2) is 0 Å². The molecule has 0 fully saturated rings. The highest BCUT2D eigenvalue weighted by atomic mass is 19.1. The van der Waals surface area contributed by atoms with E-state index in [1.807, 2.05) is 18.2 Å². The molecule has 0 aliphatic carbocycles. The van der Waals surface area contributed by atoms with Crippen molar-refractivity contribution in [1.29, 1.82) is 0 Å². The minimum atomic E-state index is -0.214. The van der Waals surface area contributed by atoms with E-state index in [1.165, 1.54) is 17.7 Å². The van der Waals surface area contributed by atoms with Crippen molar-refractivity contribution < 1.29 is 9.18 Å². The van der Waals surface area contributed by atoms with Gasteiger partial charge in [0.25, 0.3) is 0 Å². The summed E-state index contributed by atoms with van der Waals surface area (Å²) in [6.45, 7) is 1.43. The Morgan fingerprint density at radius 2 is 1.91 bits per heavy atom. The summed E-state index contributed by atoms with van der Waals surface area (Å²) in [6.07, 6.45) is 1.59. The Hall–Kier alpha value is -2.20. The number of benzene rings is 2. The molecule has 1 amide bonds. The molecule has 2 aromatic carbocycles. The average Bonchev–Trinajstić information content (AvgIpc) is 2.53. The van der Waals surface area contributed by atoms with E-state index in [1.54, 1.807) is 12.1 Å². The minimum Gasteiger partial charge on any atom is -0.326 e. The van der Waals surface area contributed by atoms with Crippen LogP contribution in [0.25, 0.3) is 0 Å². The van der Waals surface area contributed by atoms with Crippen molar-refractivity contribution in [1.82, 2.24) is 5.32 Å². The van der Waals surface area contributed by atoms with Crippen molar-refractivity contribution in [3.05, 3.63) is 65.5 Å². The van der Waals surface area contributed by atoms with Gasteiger partial charge in [0, 0.05) is 12.2 Å². The molecule has 0 saturated carbocycles. The Morgan fingerprint density at radius 1 is 1.14 bits per heavy atom. The fourth-order valence-electron chi connectivity index (χ4n) is 2.74. The van der Waals surface area contributed by atoms with Crippen molar-refractivity contribution >= 4 is 11.6 Å². The molecule has 0 bridgehead atoms. The van der Waals surface area contributed by atoms with Gasteiger partial charge < -0.3 is 10.6 Å². The zero-order chi connectivity index (χ0) is 15.4. The molecule has 1 unspecified atom stereocenters. The normalized spacial score (nSPS) is 17.0. The first-order chi connectivity index (χ1) is 10.7. The van der Waals surface area contributed by atoms with E-state index in [-0.39, 0.29) is 17.6 Å². The Labute approximate surface area is 129 Å². The van der Waals surface area contributed by atoms with Crippen LogP contribution in [0, 0.1) is 11.7 Å². The topological polar surface area (TPSA) is 41.1 Å². The lowest BCUT2D eigenvalue weighted by atomic mass is 9.93. The third-order valence-electron chi connectivity index (χ3n) is 4.01. The lowest BCUT2D eigenvalue weighted by Gasteiger charge is -2.24. The smallest absolute Gasteiger partial charge is 0.229 e. The fourth-order valence-corrected chi connectivity index (χ4v) is 2.74. The largest absolute Gasteiger partial charge is 0.326 e. The Morgan fingerprint density at radius 3 is 2.73 bits per heavy atom. The van der Waals surface area contributed by atoms with E-state index < -0.39 is 0 Å². The van der Waals surface area contributed by atoms with Gasteiger partial charge in [-0.15, -0.1) is 0 Å². The number of nitrogens with one attached hydrogen (secondary N) is 2. The van der Waals surface area contributed by atoms with Crippen LogP contribution in [0.1, 0.15) is 11.1 Å². The molecule has 2 aromatic rings. The molecule has 22 heavy (non-hydrogen) atoms. The second-order valence-corrected chi connectivity index (χ2v) is 5.63. The predicted octanol–water partition coefficient (Wildman–Crippen LogP) is 2.77. The molecule has 1 aliphatic rings. The van der Waals surface area contributed by atoms with Crippen LogP contribution in [-0.2, 0) is 17.6 Å². The number of para-hydroxylation sites is 1. The van der Waals surface area contributed by atoms with Gasteiger partial charge in [-0.2, -0.15) is 0 Å². The molecule has 2 N–H and O–H groups in total. The zero-order valence-electron chi connectivity index (χ0n) is 12.3. The summed E-state index contributed by atoms with van der Waals surface area (Å²) in [5.74, 6) is -0.176. The van der Waals surface area contributed by atoms with E-state index in [2.05, 4.69) is 16.7 Å². The maximum absolute atomic E-state index is 12.8. The van der Waals surface area contributed by atoms with Gasteiger partial charge in [-0.3, -0.25) is 4.79 Å². The van der Waals surface area contributed by atoms with Crippen molar-refractivity contribution in [3.63, 3.8) is 0 Å². The highest BCUT2D eigenvalue weighted by Gasteiger charge is 2.25. The summed E-state index contributed by atoms with van der Waals surface area (Å²) < 4.78 is 12.8. The lowest BCUT2D eigenvalue weighted by Crippen LogP contribution is -2.37. The third kappa shape index (κ3) is 3.52. The number of carbonyl (C=O) groups is 1. The van der Waals surface area contributed by atoms with Gasteiger partial charge in [-0.05, 0) is 48.7 Å². The average molecular weight is 298 g/mol. The molecule has 0 radical (unpaired) electrons. The maximum atomic E-state index is 12.8. The van der Waals surface area contributed by atoms with E-state index in [9.17, 15) is 9.18 Å². The molecule has 3 rings (SSSR count). The summed E-state index contributed by atoms with van der Waals surface area (Å²) in [6, 6.07) is 14.4. The van der Waals surface area contributed by atoms with E-state index in [0.29, 0.717) is 6.54 Å². The number of anilines is 1. The van der Waals surface area contributed by atoms with Gasteiger partial charge in [-0.25, -0.2) is 4.39 Å². The predicted molar refractivity (Wildman–Crippen MR) is 85.2 cm³/mol. The molecular formula is C18H19FN2O. The van der Waals surface area contributed by atoms with E-state index in [0.717, 1.165) is 30.6 Å². The summed E-state index contributed by atoms with van der Waals surface area (Å²) in [4.78, 5) is 12.1. The maximum Gasteiger partial charge on any atom is 0.229 e. The van der Waals surface area contributed by atoms with Gasteiger partial charge in [0.1, 0.15) is 5.82 Å². The van der Waals surface area contributed by atoms with Crippen LogP contribution in [0.15, 0.2) is 48.5 Å². The molecule has 1 heterocycles. The van der Waals surface area contributed by atoms with Crippen LogP contribution in [0.3, 0.4) is 0 Å². The third-order valence-corrected chi connectivity index (χ3v) is 4.01. The molecule has 4 heteroatoms. The zero-order valence-corrected chi connectivity index (χ0v) is 12.3. The first kappa shape index (κ1) is 14.7. The summed E-state index contributed by atoms with van der Waals surface area (Å²) >= 11 is 0. The molecule has 1 atom stereocenters. The molecule has 0 saturated heterocycles. The highest BCUT2D eigenvalue weighted by molar-refractivity contribution is 5.95. The van der Waals surface area contributed by atoms with Crippen LogP contribution < -0.4 is 10.6 Å².